The third-order valence-electron chi connectivity index (χ3n) is 4.02. The van der Waals surface area contributed by atoms with Crippen LogP contribution in [0.25, 0.3) is 0 Å². The molecule has 7 heteroatoms. The molecule has 1 aromatic carbocycles. The minimum atomic E-state index is -0.0880. The summed E-state index contributed by atoms with van der Waals surface area (Å²) in [6.07, 6.45) is 3.64. The molecule has 1 aliphatic rings. The number of hydrogen-bond donors (Lipinski definition) is 2. The van der Waals surface area contributed by atoms with Gasteiger partial charge in [-0.15, -0.1) is 0 Å². The Morgan fingerprint density at radius 1 is 1.26 bits per heavy atom. The predicted octanol–water partition coefficient (Wildman–Crippen LogP) is 3.18. The van der Waals surface area contributed by atoms with Crippen LogP contribution in [0.3, 0.4) is 0 Å². The van der Waals surface area contributed by atoms with Crippen LogP contribution in [0.2, 0.25) is 5.02 Å². The van der Waals surface area contributed by atoms with Crippen LogP contribution in [-0.2, 0) is 0 Å². The van der Waals surface area contributed by atoms with Crippen molar-refractivity contribution in [2.45, 2.75) is 35.2 Å². The van der Waals surface area contributed by atoms with Gasteiger partial charge in [-0.1, -0.05) is 35.5 Å². The smallest absolute Gasteiger partial charge is 0.158 e. The Kier molecular flexibility index (Phi) is 4.66. The van der Waals surface area contributed by atoms with E-state index in [4.69, 9.17) is 23.1 Å². The molecule has 1 saturated heterocycles. The van der Waals surface area contributed by atoms with E-state index in [9.17, 15) is 0 Å². The van der Waals surface area contributed by atoms with Crippen LogP contribution in [0.4, 0.5) is 11.6 Å². The Bertz CT molecular complexity index is 697. The molecular formula is C16H20ClN5S. The van der Waals surface area contributed by atoms with Crippen molar-refractivity contribution < 1.29 is 0 Å². The lowest BCUT2D eigenvalue weighted by molar-refractivity contribution is 0.363. The lowest BCUT2D eigenvalue weighted by atomic mass is 9.91. The van der Waals surface area contributed by atoms with Gasteiger partial charge in [0.25, 0.3) is 0 Å². The highest BCUT2D eigenvalue weighted by atomic mass is 35.5. The van der Waals surface area contributed by atoms with Crippen molar-refractivity contribution >= 4 is 35.0 Å². The van der Waals surface area contributed by atoms with E-state index in [-0.39, 0.29) is 5.54 Å². The Balaban J connectivity index is 1.75. The average Bonchev–Trinajstić information content (AvgIpc) is 2.51. The maximum absolute atomic E-state index is 6.18. The molecule has 0 saturated carbocycles. The largest absolute Gasteiger partial charge is 0.381 e. The van der Waals surface area contributed by atoms with Crippen LogP contribution in [0.15, 0.2) is 40.4 Å². The van der Waals surface area contributed by atoms with Gasteiger partial charge in [-0.25, -0.2) is 9.97 Å². The van der Waals surface area contributed by atoms with Gasteiger partial charge >= 0.3 is 0 Å². The quantitative estimate of drug-likeness (QED) is 0.885. The molecule has 0 bridgehead atoms. The highest BCUT2D eigenvalue weighted by molar-refractivity contribution is 7.99. The van der Waals surface area contributed by atoms with Crippen LogP contribution in [-0.4, -0.2) is 28.6 Å². The molecule has 3 rings (SSSR count). The molecule has 0 atom stereocenters. The predicted molar refractivity (Wildman–Crippen MR) is 96.1 cm³/mol. The van der Waals surface area contributed by atoms with Gasteiger partial charge < -0.3 is 16.4 Å². The van der Waals surface area contributed by atoms with Gasteiger partial charge in [-0.05, 0) is 31.9 Å². The molecule has 1 aliphatic heterocycles. The fourth-order valence-corrected chi connectivity index (χ4v) is 3.52. The summed E-state index contributed by atoms with van der Waals surface area (Å²) in [6.45, 7) is 3.84. The number of nitrogens with two attached hydrogens (primary N) is 2. The summed E-state index contributed by atoms with van der Waals surface area (Å²) >= 11 is 7.60. The zero-order chi connectivity index (χ0) is 16.4. The monoisotopic (exact) mass is 349 g/mol. The molecule has 0 unspecified atom stereocenters. The minimum absolute atomic E-state index is 0.0880. The number of benzene rings is 1. The first kappa shape index (κ1) is 16.4. The number of nitrogen functional groups attached to an aromatic ring is 1. The van der Waals surface area contributed by atoms with Crippen LogP contribution in [0, 0.1) is 0 Å². The van der Waals surface area contributed by atoms with E-state index >= 15 is 0 Å². The van der Waals surface area contributed by atoms with Crippen molar-refractivity contribution in [1.29, 1.82) is 0 Å². The van der Waals surface area contributed by atoms with E-state index in [0.29, 0.717) is 15.9 Å². The summed E-state index contributed by atoms with van der Waals surface area (Å²) < 4.78 is 0. The normalized spacial score (nSPS) is 17.3. The molecule has 5 nitrogen and oxygen atoms in total. The van der Waals surface area contributed by atoms with E-state index in [0.717, 1.165) is 36.6 Å². The maximum atomic E-state index is 6.18. The molecule has 0 amide bonds. The van der Waals surface area contributed by atoms with Crippen molar-refractivity contribution in [1.82, 2.24) is 9.97 Å². The minimum Gasteiger partial charge on any atom is -0.381 e. The second-order valence-corrected chi connectivity index (χ2v) is 7.53. The van der Waals surface area contributed by atoms with Crippen LogP contribution >= 0.6 is 23.4 Å². The lowest BCUT2D eigenvalue weighted by Crippen LogP contribution is -2.48. The highest BCUT2D eigenvalue weighted by Crippen LogP contribution is 2.35. The number of nitrogens with zero attached hydrogens (tertiary/aromatic N) is 3. The van der Waals surface area contributed by atoms with Crippen molar-refractivity contribution in [3.05, 3.63) is 35.5 Å². The van der Waals surface area contributed by atoms with Gasteiger partial charge in [0.15, 0.2) is 5.82 Å². The maximum Gasteiger partial charge on any atom is 0.158 e. The lowest BCUT2D eigenvalue weighted by Gasteiger charge is -2.37. The summed E-state index contributed by atoms with van der Waals surface area (Å²) in [5, 5.41) is 1.35. The first-order valence-corrected chi connectivity index (χ1v) is 8.73. The molecule has 1 fully saturated rings. The number of anilines is 2. The summed E-state index contributed by atoms with van der Waals surface area (Å²) in [5.41, 5.74) is 12.2. The van der Waals surface area contributed by atoms with Crippen LogP contribution < -0.4 is 16.4 Å². The summed E-state index contributed by atoms with van der Waals surface area (Å²) in [5.74, 6) is 1.23. The molecule has 23 heavy (non-hydrogen) atoms. The molecule has 122 valence electrons. The van der Waals surface area contributed by atoms with Gasteiger partial charge in [0.05, 0.1) is 11.2 Å². The van der Waals surface area contributed by atoms with E-state index in [1.54, 1.807) is 6.20 Å². The SMILES string of the molecule is CC1(N)CCN(c2cnc(Sc3ccccc3Cl)c(N)n2)CC1. The van der Waals surface area contributed by atoms with E-state index in [1.165, 1.54) is 11.8 Å². The standard InChI is InChI=1S/C16H20ClN5S/c1-16(19)6-8-22(9-7-16)13-10-20-15(14(18)21-13)23-12-5-3-2-4-11(12)17/h2-5,10H,6-9,19H2,1H3,(H2,18,21). The van der Waals surface area contributed by atoms with Crippen LogP contribution in [0.5, 0.6) is 0 Å². The third kappa shape index (κ3) is 3.88. The second kappa shape index (κ2) is 6.55. The molecule has 0 aliphatic carbocycles. The van der Waals surface area contributed by atoms with Gasteiger partial charge in [-0.3, -0.25) is 0 Å². The zero-order valence-electron chi connectivity index (χ0n) is 13.0. The van der Waals surface area contributed by atoms with Gasteiger partial charge in [0.1, 0.15) is 10.8 Å². The molecule has 1 aromatic heterocycles. The number of aromatic nitrogens is 2. The summed E-state index contributed by atoms with van der Waals surface area (Å²) in [6, 6.07) is 7.62. The average molecular weight is 350 g/mol. The summed E-state index contributed by atoms with van der Waals surface area (Å²) in [7, 11) is 0. The van der Waals surface area contributed by atoms with E-state index < -0.39 is 0 Å². The molecule has 2 heterocycles. The number of piperidine rings is 1. The molecule has 2 aromatic rings. The molecule has 0 spiro atoms. The fraction of sp³-hybridized carbons (Fsp3) is 0.375. The Hall–Kier alpha value is -1.50. The Morgan fingerprint density at radius 2 is 1.96 bits per heavy atom. The second-order valence-electron chi connectivity index (χ2n) is 6.09. The van der Waals surface area contributed by atoms with Crippen molar-refractivity contribution in [2.75, 3.05) is 23.7 Å². The summed E-state index contributed by atoms with van der Waals surface area (Å²) in [4.78, 5) is 12.1. The van der Waals surface area contributed by atoms with Crippen molar-refractivity contribution in [3.63, 3.8) is 0 Å². The Morgan fingerprint density at radius 3 is 2.61 bits per heavy atom. The highest BCUT2D eigenvalue weighted by Gasteiger charge is 2.26. The van der Waals surface area contributed by atoms with Gasteiger partial charge in [0, 0.05) is 23.5 Å². The van der Waals surface area contributed by atoms with Gasteiger partial charge in [-0.2, -0.15) is 0 Å². The zero-order valence-corrected chi connectivity index (χ0v) is 14.6. The first-order valence-electron chi connectivity index (χ1n) is 7.53. The van der Waals surface area contributed by atoms with E-state index in [1.807, 2.05) is 24.3 Å². The molecular weight excluding hydrogens is 330 g/mol. The Labute approximate surface area is 145 Å². The molecule has 4 N–H and O–H groups in total. The van der Waals surface area contributed by atoms with Crippen molar-refractivity contribution in [3.8, 4) is 0 Å². The van der Waals surface area contributed by atoms with Crippen LogP contribution in [0.1, 0.15) is 19.8 Å². The van der Waals surface area contributed by atoms with E-state index in [2.05, 4.69) is 21.8 Å². The van der Waals surface area contributed by atoms with Gasteiger partial charge in [0.2, 0.25) is 0 Å². The third-order valence-corrected chi connectivity index (χ3v) is 5.55. The first-order chi connectivity index (χ1) is 10.9. The topological polar surface area (TPSA) is 81.1 Å². The molecule has 0 radical (unpaired) electrons. The van der Waals surface area contributed by atoms with Crippen molar-refractivity contribution in [2.24, 2.45) is 5.73 Å². The number of rotatable bonds is 3. The number of halogens is 1. The fourth-order valence-electron chi connectivity index (χ4n) is 2.49. The number of hydrogen-bond acceptors (Lipinski definition) is 6.